The van der Waals surface area contributed by atoms with Crippen LogP contribution in [0.2, 0.25) is 0 Å². The van der Waals surface area contributed by atoms with Crippen molar-refractivity contribution < 1.29 is 71.0 Å². The van der Waals surface area contributed by atoms with Crippen molar-refractivity contribution in [2.24, 2.45) is 0 Å². The molecule has 0 radical (unpaired) electrons. The number of para-hydroxylation sites is 2. The SMILES string of the molecule is [2H]c1c([2H])c([2H])c(-c2c([2H])c(-c3cccc(-c4c([2H])c(-c5c([2H])c([2H])c([2H])c([2H])c5[2H])c([2H])c(-c5c([2H])c([2H])c([2H])c([2H])c5[2H])c4[2H])c3-[n+]3[c-]n(-c4cccc(Oc5ccc6c7ccccc7n(-c7cc(C(C)(C)C)ccn7)c6c5)c4)c4cc(-c5c([2H])c([2H])c([2H])c([Si](c6c([2H])c([2H])c([2H])c([2H])c6[2H])(c6c([2H])c([2H])c([2H])c([2H])c6[2H])c6c([2H])c([2H])c([2H])c([2H])c6[2H])c5[2H])ccc43)c([2H])c(-c3c([2H])c([2H])c([2H])c([2H])c3[2H])c2[2H])c([2H])c1[2H]. The third-order valence-electron chi connectivity index (χ3n) is 17.7. The second-order valence-electron chi connectivity index (χ2n) is 25.0. The van der Waals surface area contributed by atoms with E-state index in [1.165, 1.54) is 28.8 Å². The maximum Gasteiger partial charge on any atom is 0.269 e. The Morgan fingerprint density at radius 1 is 0.368 bits per heavy atom. The van der Waals surface area contributed by atoms with Crippen LogP contribution in [0.25, 0.3) is 128 Å². The van der Waals surface area contributed by atoms with Gasteiger partial charge in [-0.2, -0.15) is 0 Å². The van der Waals surface area contributed by atoms with E-state index in [0.29, 0.717) is 11.3 Å². The Labute approximate surface area is 683 Å². The molecule has 0 atom stereocenters. The van der Waals surface area contributed by atoms with Crippen molar-refractivity contribution >= 4 is 61.7 Å². The minimum Gasteiger partial charge on any atom is -0.458 e. The number of aromatic nitrogens is 4. The van der Waals surface area contributed by atoms with Crippen LogP contribution in [0.3, 0.4) is 0 Å². The van der Waals surface area contributed by atoms with Crippen molar-refractivity contribution in [3.05, 3.63) is 405 Å². The number of hydrogen-bond acceptors (Lipinski definition) is 2. The molecule has 15 aromatic carbocycles. The molecule has 3 aromatic heterocycles. The van der Waals surface area contributed by atoms with Crippen molar-refractivity contribution in [2.75, 3.05) is 0 Å². The minimum absolute atomic E-state index is 0.0286. The molecule has 106 heavy (non-hydrogen) atoms. The second kappa shape index (κ2) is 27.5. The third-order valence-corrected chi connectivity index (χ3v) is 21.7. The van der Waals surface area contributed by atoms with Crippen molar-refractivity contribution in [3.8, 4) is 107 Å². The number of hydrogen-bond donors (Lipinski definition) is 0. The normalized spacial score (nSPS) is 17.7. The van der Waals surface area contributed by atoms with Gasteiger partial charge in [0, 0.05) is 23.0 Å². The van der Waals surface area contributed by atoms with Gasteiger partial charge in [0.15, 0.2) is 8.07 Å². The minimum atomic E-state index is -6.63. The Hall–Kier alpha value is -13.3. The van der Waals surface area contributed by atoms with Gasteiger partial charge in [0.2, 0.25) is 0 Å². The van der Waals surface area contributed by atoms with Crippen LogP contribution in [0.4, 0.5) is 0 Å². The van der Waals surface area contributed by atoms with E-state index >= 15 is 0 Å². The fourth-order valence-electron chi connectivity index (χ4n) is 12.8. The summed E-state index contributed by atoms with van der Waals surface area (Å²) >= 11 is 0. The van der Waals surface area contributed by atoms with Crippen molar-refractivity contribution in [3.63, 3.8) is 0 Å². The molecule has 0 saturated carbocycles. The summed E-state index contributed by atoms with van der Waals surface area (Å²) in [6.07, 6.45) is 4.94. The second-order valence-corrected chi connectivity index (χ2v) is 28.5. The molecule has 3 heterocycles. The van der Waals surface area contributed by atoms with Gasteiger partial charge in [-0.05, 0) is 200 Å². The Balaban J connectivity index is 1.05. The zero-order chi connectivity index (χ0) is 110. The number of benzene rings is 15. The van der Waals surface area contributed by atoms with E-state index in [-0.39, 0.29) is 33.6 Å². The molecule has 0 fully saturated rings. The van der Waals surface area contributed by atoms with Crippen LogP contribution in [0.15, 0.2) is 393 Å². The van der Waals surface area contributed by atoms with E-state index in [2.05, 4.69) is 6.33 Å². The van der Waals surface area contributed by atoms with Gasteiger partial charge in [-0.3, -0.25) is 13.7 Å². The van der Waals surface area contributed by atoms with Crippen molar-refractivity contribution in [2.45, 2.75) is 26.2 Å². The summed E-state index contributed by atoms with van der Waals surface area (Å²) in [5, 5.41) is -3.23. The quantitative estimate of drug-likeness (QED) is 0.0418. The summed E-state index contributed by atoms with van der Waals surface area (Å²) in [7, 11) is -6.63. The summed E-state index contributed by atoms with van der Waals surface area (Å²) in [5.41, 5.74) is -12.2. The number of rotatable bonds is 16. The molecule has 0 amide bonds. The summed E-state index contributed by atoms with van der Waals surface area (Å²) in [5.74, 6) is 0.664. The average molecular weight is 1420 g/mol. The lowest BCUT2D eigenvalue weighted by molar-refractivity contribution is -0.571. The van der Waals surface area contributed by atoms with Crippen LogP contribution in [-0.4, -0.2) is 22.2 Å². The van der Waals surface area contributed by atoms with Crippen LogP contribution >= 0.6 is 0 Å². The van der Waals surface area contributed by atoms with E-state index in [0.717, 1.165) is 62.8 Å². The summed E-state index contributed by atoms with van der Waals surface area (Å²) in [6, 6.07) is -23.7. The Kier molecular flexibility index (Phi) is 8.46. The Morgan fingerprint density at radius 3 is 1.38 bits per heavy atom. The van der Waals surface area contributed by atoms with Crippen LogP contribution in [0.5, 0.6) is 11.5 Å². The van der Waals surface area contributed by atoms with E-state index in [1.54, 1.807) is 18.3 Å². The molecule has 0 saturated heterocycles. The molecule has 18 aromatic rings. The zero-order valence-electron chi connectivity index (χ0n) is 101. The van der Waals surface area contributed by atoms with E-state index in [9.17, 15) is 41.1 Å². The number of nitrogens with zero attached hydrogens (tertiary/aromatic N) is 4. The standard InChI is InChI=1S/C100H74N4OSi/c1-100(2,3)82-56-57-101-98(66-82)104-94-51-26-25-48-92(94)93-54-53-85(68-96(93)104)105-84-40-28-39-83(67-84)102-69-103(95-55-52-75(65-97(95)102)74-38-27-47-89(64-74)106(86-41-19-8-20-42-86,87-43-21-9-22-44-87)88-45-23-10-24-46-88)99-90(80-60-76(70-30-11-4-12-31-70)58-77(61-80)71-32-13-5-14-33-71)49-29-50-91(99)81-62-78(72-34-15-6-16-35-72)59-79(63-81)73-36-17-7-18-37-73/h4-68H,1-3H3/i4D,5D,6D,7D,8D,9D,10D,11D,12D,13D,14D,15D,16D,17D,18D,19D,20D,21D,22D,23D,24D,27D,30D,31D,32D,33D,34D,35D,36D,37D,38D,41D,42D,43D,44D,45D,46D,47D,58D,59D,60D,61D,62D,63D,64D. The first-order valence-corrected chi connectivity index (χ1v) is 34.7. The molecule has 0 aliphatic rings. The zero-order valence-corrected chi connectivity index (χ0v) is 56.7. The maximum absolute atomic E-state index is 11.0. The molecular formula is C100H74N4OSi. The topological polar surface area (TPSA) is 35.9 Å². The molecule has 504 valence electrons. The number of pyridine rings is 1. The van der Waals surface area contributed by atoms with Gasteiger partial charge in [-0.15, -0.1) is 0 Å². The molecule has 0 unspecified atom stereocenters. The molecule has 0 bridgehead atoms. The molecule has 18 rings (SSSR count). The molecule has 0 spiro atoms. The molecule has 6 heteroatoms. The number of imidazole rings is 1. The van der Waals surface area contributed by atoms with Gasteiger partial charge >= 0.3 is 0 Å². The van der Waals surface area contributed by atoms with Crippen LogP contribution in [-0.2, 0) is 5.41 Å². The van der Waals surface area contributed by atoms with Gasteiger partial charge in [0.1, 0.15) is 17.3 Å². The number of ether oxygens (including phenoxy) is 1. The van der Waals surface area contributed by atoms with Crippen LogP contribution in [0.1, 0.15) is 88.0 Å². The van der Waals surface area contributed by atoms with E-state index in [1.807, 2.05) is 67.8 Å². The predicted octanol–water partition coefficient (Wildman–Crippen LogP) is 22.3. The maximum atomic E-state index is 11.0. The first-order valence-electron chi connectivity index (χ1n) is 55.2. The molecule has 0 N–H and O–H groups in total. The highest BCUT2D eigenvalue weighted by Gasteiger charge is 2.41. The smallest absolute Gasteiger partial charge is 0.269 e. The first-order chi connectivity index (χ1) is 70.9. The monoisotopic (exact) mass is 1420 g/mol. The van der Waals surface area contributed by atoms with Crippen LogP contribution in [0, 0.1) is 6.33 Å². The highest BCUT2D eigenvalue weighted by atomic mass is 28.3. The highest BCUT2D eigenvalue weighted by Crippen LogP contribution is 2.43. The summed E-state index contributed by atoms with van der Waals surface area (Å²) in [4.78, 5) is 4.84. The lowest BCUT2D eigenvalue weighted by Crippen LogP contribution is -2.74. The van der Waals surface area contributed by atoms with Crippen molar-refractivity contribution in [1.82, 2.24) is 14.1 Å². The number of fused-ring (bicyclic) bond motifs is 4. The van der Waals surface area contributed by atoms with Gasteiger partial charge < -0.3 is 4.74 Å². The van der Waals surface area contributed by atoms with Crippen molar-refractivity contribution in [1.29, 1.82) is 0 Å². The molecular weight excluding hydrogens is 1300 g/mol. The van der Waals surface area contributed by atoms with E-state index in [4.69, 9.17) is 30.3 Å². The van der Waals surface area contributed by atoms with Gasteiger partial charge in [0.25, 0.3) is 6.33 Å². The lowest BCUT2D eigenvalue weighted by Gasteiger charge is -2.34. The highest BCUT2D eigenvalue weighted by molar-refractivity contribution is 7.20. The Morgan fingerprint density at radius 2 is 0.840 bits per heavy atom. The summed E-state index contributed by atoms with van der Waals surface area (Å²) < 4.78 is 442. The molecule has 5 nitrogen and oxygen atoms in total. The van der Waals surface area contributed by atoms with Crippen LogP contribution < -0.4 is 30.1 Å². The molecule has 0 aliphatic carbocycles. The fraction of sp³-hybridized carbons (Fsp3) is 0.0400. The largest absolute Gasteiger partial charge is 0.458 e. The predicted molar refractivity (Wildman–Crippen MR) is 443 cm³/mol. The third kappa shape index (κ3) is 12.1. The Bertz CT molecular complexity index is 8380. The summed E-state index contributed by atoms with van der Waals surface area (Å²) in [6.45, 7) is 6.12. The van der Waals surface area contributed by atoms with Gasteiger partial charge in [-0.25, -0.2) is 4.98 Å². The van der Waals surface area contributed by atoms with Gasteiger partial charge in [-0.1, -0.05) is 311 Å². The first kappa shape index (κ1) is 32.6. The fourth-order valence-corrected chi connectivity index (χ4v) is 16.4. The van der Waals surface area contributed by atoms with E-state index < -0.39 is 384 Å². The molecule has 0 aliphatic heterocycles. The average Bonchev–Trinajstić information content (AvgIpc) is 1.36. The van der Waals surface area contributed by atoms with Gasteiger partial charge in [0.05, 0.1) is 95.1 Å². The lowest BCUT2D eigenvalue weighted by atomic mass is 9.88.